The Hall–Kier alpha value is -2.65. The molecule has 0 saturated carbocycles. The van der Waals surface area contributed by atoms with Crippen molar-refractivity contribution >= 4 is 27.4 Å². The van der Waals surface area contributed by atoms with Gasteiger partial charge in [0, 0.05) is 25.3 Å². The van der Waals surface area contributed by atoms with E-state index < -0.39 is 21.8 Å². The standard InChI is InChI=1S/C23H28FN3O4S/c24-18-6-3-7-20(13-18)32(30,31)25-19-8-9-22(21(14-19)23(28)29)27-12-4-5-17(16-27)15-26-10-1-2-11-26/h3,6-9,13-14,17,25H,1-2,4-5,10-12,15-16H2,(H,28,29)/t17-/m0/s1. The third-order valence-corrected chi connectivity index (χ3v) is 7.54. The number of carboxylic acid groups (broad SMARTS) is 1. The van der Waals surface area contributed by atoms with Crippen LogP contribution in [0, 0.1) is 11.7 Å². The number of piperidine rings is 1. The molecule has 2 aliphatic heterocycles. The number of sulfonamides is 1. The molecule has 4 rings (SSSR count). The molecule has 0 unspecified atom stereocenters. The third-order valence-electron chi connectivity index (χ3n) is 6.16. The van der Waals surface area contributed by atoms with E-state index >= 15 is 0 Å². The van der Waals surface area contributed by atoms with Crippen LogP contribution in [0.4, 0.5) is 15.8 Å². The van der Waals surface area contributed by atoms with Crippen molar-refractivity contribution in [2.24, 2.45) is 5.92 Å². The molecule has 0 bridgehead atoms. The molecule has 1 atom stereocenters. The lowest BCUT2D eigenvalue weighted by molar-refractivity contribution is 0.0697. The maximum Gasteiger partial charge on any atom is 0.337 e. The number of hydrogen-bond donors (Lipinski definition) is 2. The van der Waals surface area contributed by atoms with Crippen LogP contribution in [-0.2, 0) is 10.0 Å². The van der Waals surface area contributed by atoms with Gasteiger partial charge in [-0.05, 0) is 81.1 Å². The van der Waals surface area contributed by atoms with E-state index in [1.165, 1.54) is 31.0 Å². The van der Waals surface area contributed by atoms with Gasteiger partial charge in [-0.2, -0.15) is 0 Å². The van der Waals surface area contributed by atoms with E-state index in [4.69, 9.17) is 0 Å². The second kappa shape index (κ2) is 9.46. The zero-order chi connectivity index (χ0) is 22.7. The summed E-state index contributed by atoms with van der Waals surface area (Å²) in [6.07, 6.45) is 4.60. The molecule has 2 saturated heterocycles. The van der Waals surface area contributed by atoms with Gasteiger partial charge in [0.1, 0.15) is 5.82 Å². The number of likely N-dealkylation sites (tertiary alicyclic amines) is 1. The van der Waals surface area contributed by atoms with Crippen LogP contribution in [0.15, 0.2) is 47.4 Å². The number of aromatic carboxylic acids is 1. The Morgan fingerprint density at radius 1 is 1.09 bits per heavy atom. The minimum absolute atomic E-state index is 0.0475. The van der Waals surface area contributed by atoms with E-state index in [0.29, 0.717) is 11.6 Å². The third kappa shape index (κ3) is 5.21. The Morgan fingerprint density at radius 2 is 1.88 bits per heavy atom. The lowest BCUT2D eigenvalue weighted by atomic mass is 9.96. The fourth-order valence-corrected chi connectivity index (χ4v) is 5.74. The molecule has 0 aliphatic carbocycles. The van der Waals surface area contributed by atoms with Gasteiger partial charge in [0.25, 0.3) is 10.0 Å². The summed E-state index contributed by atoms with van der Waals surface area (Å²) in [6.45, 7) is 4.86. The number of nitrogens with zero attached hydrogens (tertiary/aromatic N) is 2. The maximum absolute atomic E-state index is 13.4. The lowest BCUT2D eigenvalue weighted by Gasteiger charge is -2.36. The summed E-state index contributed by atoms with van der Waals surface area (Å²) < 4.78 is 41.0. The number of carboxylic acids is 1. The highest BCUT2D eigenvalue weighted by Crippen LogP contribution is 2.30. The van der Waals surface area contributed by atoms with Crippen molar-refractivity contribution in [1.82, 2.24) is 4.90 Å². The van der Waals surface area contributed by atoms with Crippen molar-refractivity contribution in [2.75, 3.05) is 42.3 Å². The number of benzene rings is 2. The van der Waals surface area contributed by atoms with Gasteiger partial charge < -0.3 is 14.9 Å². The van der Waals surface area contributed by atoms with Crippen molar-refractivity contribution in [3.63, 3.8) is 0 Å². The van der Waals surface area contributed by atoms with Gasteiger partial charge in [-0.25, -0.2) is 17.6 Å². The normalized spacial score (nSPS) is 19.8. The van der Waals surface area contributed by atoms with Gasteiger partial charge >= 0.3 is 5.97 Å². The van der Waals surface area contributed by atoms with Crippen LogP contribution in [0.2, 0.25) is 0 Å². The minimum Gasteiger partial charge on any atom is -0.478 e. The number of nitrogens with one attached hydrogen (secondary N) is 1. The summed E-state index contributed by atoms with van der Waals surface area (Å²) in [4.78, 5) is 16.4. The van der Waals surface area contributed by atoms with Gasteiger partial charge in [-0.3, -0.25) is 4.72 Å². The molecule has 172 valence electrons. The molecule has 32 heavy (non-hydrogen) atoms. The van der Waals surface area contributed by atoms with Gasteiger partial charge in [-0.15, -0.1) is 0 Å². The maximum atomic E-state index is 13.4. The van der Waals surface area contributed by atoms with Crippen molar-refractivity contribution in [2.45, 2.75) is 30.6 Å². The number of hydrogen-bond acceptors (Lipinski definition) is 5. The van der Waals surface area contributed by atoms with E-state index in [0.717, 1.165) is 57.7 Å². The molecular weight excluding hydrogens is 433 g/mol. The van der Waals surface area contributed by atoms with E-state index in [-0.39, 0.29) is 16.1 Å². The van der Waals surface area contributed by atoms with Crippen molar-refractivity contribution in [3.8, 4) is 0 Å². The van der Waals surface area contributed by atoms with Gasteiger partial charge in [0.15, 0.2) is 0 Å². The number of anilines is 2. The molecule has 0 amide bonds. The predicted molar refractivity (Wildman–Crippen MR) is 121 cm³/mol. The van der Waals surface area contributed by atoms with E-state index in [1.807, 2.05) is 0 Å². The molecule has 2 aromatic carbocycles. The Bertz CT molecular complexity index is 1090. The van der Waals surface area contributed by atoms with Crippen molar-refractivity contribution in [3.05, 3.63) is 53.8 Å². The number of rotatable bonds is 7. The van der Waals surface area contributed by atoms with Crippen LogP contribution >= 0.6 is 0 Å². The monoisotopic (exact) mass is 461 g/mol. The van der Waals surface area contributed by atoms with Crippen molar-refractivity contribution < 1.29 is 22.7 Å². The Labute approximate surface area is 187 Å². The zero-order valence-electron chi connectivity index (χ0n) is 17.8. The Balaban J connectivity index is 1.53. The average Bonchev–Trinajstić information content (AvgIpc) is 3.26. The SMILES string of the molecule is O=C(O)c1cc(NS(=O)(=O)c2cccc(F)c2)ccc1N1CCC[C@@H](CN2CCCC2)C1. The average molecular weight is 462 g/mol. The summed E-state index contributed by atoms with van der Waals surface area (Å²) in [5.41, 5.74) is 0.768. The summed E-state index contributed by atoms with van der Waals surface area (Å²) in [5, 5.41) is 9.81. The van der Waals surface area contributed by atoms with Gasteiger partial charge in [0.2, 0.25) is 0 Å². The molecule has 2 heterocycles. The summed E-state index contributed by atoms with van der Waals surface area (Å²) in [5.74, 6) is -1.30. The Kier molecular flexibility index (Phi) is 6.66. The van der Waals surface area contributed by atoms with E-state index in [2.05, 4.69) is 14.5 Å². The molecule has 9 heteroatoms. The van der Waals surface area contributed by atoms with Crippen LogP contribution < -0.4 is 9.62 Å². The van der Waals surface area contributed by atoms with Crippen LogP contribution in [0.5, 0.6) is 0 Å². The summed E-state index contributed by atoms with van der Waals surface area (Å²) >= 11 is 0. The van der Waals surface area contributed by atoms with E-state index in [1.54, 1.807) is 12.1 Å². The predicted octanol–water partition coefficient (Wildman–Crippen LogP) is 3.64. The van der Waals surface area contributed by atoms with Crippen LogP contribution in [0.25, 0.3) is 0 Å². The molecule has 0 aromatic heterocycles. The highest BCUT2D eigenvalue weighted by Gasteiger charge is 2.26. The van der Waals surface area contributed by atoms with E-state index in [9.17, 15) is 22.7 Å². The quantitative estimate of drug-likeness (QED) is 0.654. The Morgan fingerprint density at radius 3 is 2.59 bits per heavy atom. The molecular formula is C23H28FN3O4S. The fourth-order valence-electron chi connectivity index (χ4n) is 4.66. The first-order chi connectivity index (χ1) is 15.3. The molecule has 0 radical (unpaired) electrons. The smallest absolute Gasteiger partial charge is 0.337 e. The summed E-state index contributed by atoms with van der Waals surface area (Å²) in [7, 11) is -4.04. The van der Waals surface area contributed by atoms with Gasteiger partial charge in [0.05, 0.1) is 16.1 Å². The largest absolute Gasteiger partial charge is 0.478 e. The molecule has 7 nitrogen and oxygen atoms in total. The summed E-state index contributed by atoms with van der Waals surface area (Å²) in [6, 6.07) is 9.22. The molecule has 2 N–H and O–H groups in total. The molecule has 2 fully saturated rings. The second-order valence-electron chi connectivity index (χ2n) is 8.56. The first kappa shape index (κ1) is 22.5. The molecule has 2 aromatic rings. The first-order valence-corrected chi connectivity index (χ1v) is 12.4. The van der Waals surface area contributed by atoms with Gasteiger partial charge in [-0.1, -0.05) is 6.07 Å². The zero-order valence-corrected chi connectivity index (χ0v) is 18.7. The topological polar surface area (TPSA) is 89.9 Å². The second-order valence-corrected chi connectivity index (χ2v) is 10.2. The number of carbonyl (C=O) groups is 1. The van der Waals surface area contributed by atoms with Crippen LogP contribution in [-0.4, -0.2) is 57.1 Å². The highest BCUT2D eigenvalue weighted by molar-refractivity contribution is 7.92. The van der Waals surface area contributed by atoms with Crippen LogP contribution in [0.1, 0.15) is 36.0 Å². The molecule has 2 aliphatic rings. The fraction of sp³-hybridized carbons (Fsp3) is 0.435. The van der Waals surface area contributed by atoms with Crippen molar-refractivity contribution in [1.29, 1.82) is 0 Å². The first-order valence-electron chi connectivity index (χ1n) is 10.9. The molecule has 0 spiro atoms. The number of halogens is 1. The minimum atomic E-state index is -4.04. The highest BCUT2D eigenvalue weighted by atomic mass is 32.2. The lowest BCUT2D eigenvalue weighted by Crippen LogP contribution is -2.41. The van der Waals surface area contributed by atoms with Crippen LogP contribution in [0.3, 0.4) is 0 Å².